The van der Waals surface area contributed by atoms with Gasteiger partial charge in [-0.25, -0.2) is 9.97 Å². The molecule has 2 aromatic rings. The Morgan fingerprint density at radius 1 is 1.50 bits per heavy atom. The highest BCUT2D eigenvalue weighted by molar-refractivity contribution is 9.10. The van der Waals surface area contributed by atoms with Crippen LogP contribution in [0.2, 0.25) is 0 Å². The van der Waals surface area contributed by atoms with Crippen LogP contribution in [0.3, 0.4) is 0 Å². The van der Waals surface area contributed by atoms with Crippen LogP contribution in [0.15, 0.2) is 20.6 Å². The lowest BCUT2D eigenvalue weighted by Gasteiger charge is -2.08. The number of aromatic nitrogens is 3. The van der Waals surface area contributed by atoms with E-state index in [-0.39, 0.29) is 5.56 Å². The molecule has 0 radical (unpaired) electrons. The van der Waals surface area contributed by atoms with Crippen molar-refractivity contribution in [3.8, 4) is 0 Å². The van der Waals surface area contributed by atoms with E-state index >= 15 is 0 Å². The molecule has 0 spiro atoms. The Morgan fingerprint density at radius 2 is 2.19 bits per heavy atom. The minimum atomic E-state index is -0.0734. The lowest BCUT2D eigenvalue weighted by molar-refractivity contribution is 0.850. The van der Waals surface area contributed by atoms with E-state index < -0.39 is 0 Å². The van der Waals surface area contributed by atoms with Crippen molar-refractivity contribution in [1.82, 2.24) is 14.5 Å². The fourth-order valence-corrected chi connectivity index (χ4v) is 2.31. The number of thioether (sulfide) groups is 1. The summed E-state index contributed by atoms with van der Waals surface area (Å²) in [6, 6.07) is 0. The van der Waals surface area contributed by atoms with Crippen LogP contribution in [0.25, 0.3) is 11.0 Å². The van der Waals surface area contributed by atoms with Gasteiger partial charge in [0.25, 0.3) is 5.56 Å². The standard InChI is InChI=1S/C10H10BrN3OS/c1-5-6-4-12-10(16-3)13-8(6)14(2)9(15)7(5)11/h4H,1-3H3. The van der Waals surface area contributed by atoms with Crippen LogP contribution in [0.1, 0.15) is 5.56 Å². The summed E-state index contributed by atoms with van der Waals surface area (Å²) in [6.45, 7) is 1.88. The molecule has 16 heavy (non-hydrogen) atoms. The quantitative estimate of drug-likeness (QED) is 0.598. The lowest BCUT2D eigenvalue weighted by atomic mass is 10.2. The van der Waals surface area contributed by atoms with Crippen molar-refractivity contribution in [3.63, 3.8) is 0 Å². The van der Waals surface area contributed by atoms with Crippen molar-refractivity contribution < 1.29 is 0 Å². The molecule has 0 aliphatic heterocycles. The first kappa shape index (κ1) is 11.6. The molecule has 0 amide bonds. The maximum absolute atomic E-state index is 11.9. The molecule has 0 aliphatic rings. The first-order valence-electron chi connectivity index (χ1n) is 4.62. The van der Waals surface area contributed by atoms with Crippen LogP contribution in [0, 0.1) is 6.92 Å². The van der Waals surface area contributed by atoms with Gasteiger partial charge in [-0.3, -0.25) is 9.36 Å². The summed E-state index contributed by atoms with van der Waals surface area (Å²) in [4.78, 5) is 20.4. The van der Waals surface area contributed by atoms with Crippen molar-refractivity contribution in [1.29, 1.82) is 0 Å². The summed E-state index contributed by atoms with van der Waals surface area (Å²) < 4.78 is 2.11. The Balaban J connectivity index is 2.97. The van der Waals surface area contributed by atoms with Gasteiger partial charge in [0, 0.05) is 18.6 Å². The largest absolute Gasteiger partial charge is 0.295 e. The first-order chi connectivity index (χ1) is 7.56. The van der Waals surface area contributed by atoms with Crippen LogP contribution in [0.5, 0.6) is 0 Å². The van der Waals surface area contributed by atoms with Gasteiger partial charge in [0.1, 0.15) is 5.65 Å². The van der Waals surface area contributed by atoms with Crippen LogP contribution in [0.4, 0.5) is 0 Å². The average molecular weight is 300 g/mol. The van der Waals surface area contributed by atoms with E-state index in [1.165, 1.54) is 16.3 Å². The highest BCUT2D eigenvalue weighted by Crippen LogP contribution is 2.21. The number of hydrogen-bond donors (Lipinski definition) is 0. The Morgan fingerprint density at radius 3 is 2.81 bits per heavy atom. The lowest BCUT2D eigenvalue weighted by Crippen LogP contribution is -2.20. The van der Waals surface area contributed by atoms with E-state index in [4.69, 9.17) is 0 Å². The smallest absolute Gasteiger partial charge is 0.266 e. The molecule has 6 heteroatoms. The molecule has 2 rings (SSSR count). The van der Waals surface area contributed by atoms with E-state index in [2.05, 4.69) is 25.9 Å². The number of rotatable bonds is 1. The van der Waals surface area contributed by atoms with E-state index in [0.29, 0.717) is 15.3 Å². The molecule has 0 aromatic carbocycles. The Hall–Kier alpha value is -0.880. The zero-order valence-electron chi connectivity index (χ0n) is 9.11. The summed E-state index contributed by atoms with van der Waals surface area (Å²) in [5.41, 5.74) is 1.48. The SMILES string of the molecule is CSc1ncc2c(C)c(Br)c(=O)n(C)c2n1. The average Bonchev–Trinajstić information content (AvgIpc) is 2.33. The number of aryl methyl sites for hydroxylation is 2. The van der Waals surface area contributed by atoms with Gasteiger partial charge in [0.2, 0.25) is 0 Å². The molecule has 0 aliphatic carbocycles. The van der Waals surface area contributed by atoms with Gasteiger partial charge in [-0.15, -0.1) is 0 Å². The highest BCUT2D eigenvalue weighted by Gasteiger charge is 2.11. The van der Waals surface area contributed by atoms with E-state index in [0.717, 1.165) is 10.9 Å². The van der Waals surface area contributed by atoms with E-state index in [9.17, 15) is 4.79 Å². The van der Waals surface area contributed by atoms with Crippen LogP contribution < -0.4 is 5.56 Å². The van der Waals surface area contributed by atoms with E-state index in [1.54, 1.807) is 13.2 Å². The predicted molar refractivity (Wildman–Crippen MR) is 69.0 cm³/mol. The normalized spacial score (nSPS) is 11.0. The zero-order valence-corrected chi connectivity index (χ0v) is 11.5. The van der Waals surface area contributed by atoms with Gasteiger partial charge < -0.3 is 0 Å². The van der Waals surface area contributed by atoms with Crippen molar-refractivity contribution in [2.75, 3.05) is 6.26 Å². The van der Waals surface area contributed by atoms with Gasteiger partial charge in [0.05, 0.1) is 4.47 Å². The Bertz CT molecular complexity index is 623. The zero-order chi connectivity index (χ0) is 11.9. The van der Waals surface area contributed by atoms with Gasteiger partial charge in [0.15, 0.2) is 5.16 Å². The minimum absolute atomic E-state index is 0.0734. The second kappa shape index (κ2) is 4.18. The number of hydrogen-bond acceptors (Lipinski definition) is 4. The highest BCUT2D eigenvalue weighted by atomic mass is 79.9. The molecule has 0 unspecified atom stereocenters. The summed E-state index contributed by atoms with van der Waals surface area (Å²) >= 11 is 4.75. The summed E-state index contributed by atoms with van der Waals surface area (Å²) in [6.07, 6.45) is 3.67. The molecule has 2 aromatic heterocycles. The van der Waals surface area contributed by atoms with Gasteiger partial charge in [-0.1, -0.05) is 11.8 Å². The molecule has 0 saturated carbocycles. The monoisotopic (exact) mass is 299 g/mol. The molecule has 0 atom stereocenters. The van der Waals surface area contributed by atoms with E-state index in [1.807, 2.05) is 13.2 Å². The molecule has 0 N–H and O–H groups in total. The maximum atomic E-state index is 11.9. The van der Waals surface area contributed by atoms with Crippen LogP contribution in [-0.2, 0) is 7.05 Å². The molecule has 84 valence electrons. The van der Waals surface area contributed by atoms with Crippen molar-refractivity contribution in [3.05, 3.63) is 26.6 Å². The molecule has 2 heterocycles. The Labute approximate surface area is 105 Å². The first-order valence-corrected chi connectivity index (χ1v) is 6.64. The third-order valence-corrected chi connectivity index (χ3v) is 3.97. The molecular formula is C10H10BrN3OS. The number of nitrogens with zero attached hydrogens (tertiary/aromatic N) is 3. The van der Waals surface area contributed by atoms with Gasteiger partial charge >= 0.3 is 0 Å². The third kappa shape index (κ3) is 1.66. The van der Waals surface area contributed by atoms with Crippen LogP contribution in [-0.4, -0.2) is 20.8 Å². The number of halogens is 1. The second-order valence-corrected chi connectivity index (χ2v) is 4.96. The molecule has 0 fully saturated rings. The third-order valence-electron chi connectivity index (χ3n) is 2.47. The Kier molecular flexibility index (Phi) is 3.03. The molecule has 0 bridgehead atoms. The predicted octanol–water partition coefficient (Wildman–Crippen LogP) is 2.12. The van der Waals surface area contributed by atoms with Crippen molar-refractivity contribution in [2.45, 2.75) is 12.1 Å². The summed E-state index contributed by atoms with van der Waals surface area (Å²) in [7, 11) is 1.71. The van der Waals surface area contributed by atoms with Crippen molar-refractivity contribution in [2.24, 2.45) is 7.05 Å². The number of fused-ring (bicyclic) bond motifs is 1. The van der Waals surface area contributed by atoms with Crippen LogP contribution >= 0.6 is 27.7 Å². The molecular weight excluding hydrogens is 290 g/mol. The summed E-state index contributed by atoms with van der Waals surface area (Å²) in [5.74, 6) is 0. The fourth-order valence-electron chi connectivity index (χ4n) is 1.50. The number of pyridine rings is 1. The maximum Gasteiger partial charge on any atom is 0.266 e. The molecule has 4 nitrogen and oxygen atoms in total. The van der Waals surface area contributed by atoms with Crippen molar-refractivity contribution >= 4 is 38.7 Å². The summed E-state index contributed by atoms with van der Waals surface area (Å²) in [5, 5.41) is 1.57. The second-order valence-electron chi connectivity index (χ2n) is 3.40. The minimum Gasteiger partial charge on any atom is -0.295 e. The van der Waals surface area contributed by atoms with Gasteiger partial charge in [-0.05, 0) is 34.7 Å². The van der Waals surface area contributed by atoms with Gasteiger partial charge in [-0.2, -0.15) is 0 Å². The fraction of sp³-hybridized carbons (Fsp3) is 0.300. The topological polar surface area (TPSA) is 47.8 Å². The molecule has 0 saturated heterocycles.